The number of nitriles is 1. The van der Waals surface area contributed by atoms with Crippen LogP contribution in [0.15, 0.2) is 22.8 Å². The van der Waals surface area contributed by atoms with Crippen LogP contribution in [0.3, 0.4) is 0 Å². The van der Waals surface area contributed by atoms with E-state index in [0.29, 0.717) is 5.56 Å². The molecule has 0 aliphatic carbocycles. The van der Waals surface area contributed by atoms with Gasteiger partial charge in [0.25, 0.3) is 0 Å². The van der Waals surface area contributed by atoms with E-state index in [-0.39, 0.29) is 0 Å². The van der Waals surface area contributed by atoms with Gasteiger partial charge in [0, 0.05) is 16.4 Å². The van der Waals surface area contributed by atoms with Gasteiger partial charge in [-0.15, -0.1) is 0 Å². The molecule has 1 aromatic carbocycles. The number of benzene rings is 1. The average molecular weight is 250 g/mol. The number of nitrogens with zero attached hydrogens (tertiary/aromatic N) is 3. The van der Waals surface area contributed by atoms with Gasteiger partial charge in [-0.05, 0) is 35.0 Å². The maximum absolute atomic E-state index is 8.79. The maximum atomic E-state index is 8.79. The first-order valence-corrected chi connectivity index (χ1v) is 5.10. The summed E-state index contributed by atoms with van der Waals surface area (Å²) >= 11 is 3.45. The fourth-order valence-corrected chi connectivity index (χ4v) is 2.17. The number of aromatic nitrogens is 2. The van der Waals surface area contributed by atoms with E-state index in [2.05, 4.69) is 27.1 Å². The quantitative estimate of drug-likeness (QED) is 0.780. The Hall–Kier alpha value is -1.34. The second-order valence-corrected chi connectivity index (χ2v) is 3.82. The standard InChI is InChI=1S/C10H8BrN3/c1-2-14-10-8(6-13-14)3-7(5-12)4-9(10)11/h3-4,6H,2H2,1H3. The van der Waals surface area contributed by atoms with Crippen LogP contribution in [-0.4, -0.2) is 9.78 Å². The Labute approximate surface area is 90.1 Å². The van der Waals surface area contributed by atoms with E-state index in [1.807, 2.05) is 23.7 Å². The van der Waals surface area contributed by atoms with Crippen LogP contribution in [-0.2, 0) is 6.54 Å². The van der Waals surface area contributed by atoms with E-state index in [9.17, 15) is 0 Å². The van der Waals surface area contributed by atoms with Crippen molar-refractivity contribution in [2.45, 2.75) is 13.5 Å². The SMILES string of the molecule is CCn1ncc2cc(C#N)cc(Br)c21. The van der Waals surface area contributed by atoms with Crippen LogP contribution < -0.4 is 0 Å². The summed E-state index contributed by atoms with van der Waals surface area (Å²) in [6, 6.07) is 5.78. The second-order valence-electron chi connectivity index (χ2n) is 2.97. The van der Waals surface area contributed by atoms with Gasteiger partial charge in [-0.1, -0.05) is 0 Å². The summed E-state index contributed by atoms with van der Waals surface area (Å²) in [7, 11) is 0. The van der Waals surface area contributed by atoms with Gasteiger partial charge < -0.3 is 0 Å². The third-order valence-electron chi connectivity index (χ3n) is 2.12. The molecule has 70 valence electrons. The number of halogens is 1. The molecule has 0 saturated heterocycles. The Kier molecular flexibility index (Phi) is 2.26. The lowest BCUT2D eigenvalue weighted by Crippen LogP contribution is -1.95. The molecule has 0 N–H and O–H groups in total. The summed E-state index contributed by atoms with van der Waals surface area (Å²) in [5.74, 6) is 0. The van der Waals surface area contributed by atoms with Gasteiger partial charge in [0.2, 0.25) is 0 Å². The smallest absolute Gasteiger partial charge is 0.0992 e. The van der Waals surface area contributed by atoms with Gasteiger partial charge in [0.1, 0.15) is 0 Å². The van der Waals surface area contributed by atoms with E-state index in [1.165, 1.54) is 0 Å². The van der Waals surface area contributed by atoms with E-state index in [0.717, 1.165) is 21.9 Å². The van der Waals surface area contributed by atoms with Crippen molar-refractivity contribution in [2.24, 2.45) is 0 Å². The molecule has 4 heteroatoms. The molecule has 14 heavy (non-hydrogen) atoms. The van der Waals surface area contributed by atoms with Crippen LogP contribution in [0.5, 0.6) is 0 Å². The molecule has 0 fully saturated rings. The van der Waals surface area contributed by atoms with Crippen molar-refractivity contribution in [3.63, 3.8) is 0 Å². The largest absolute Gasteiger partial charge is 0.264 e. The van der Waals surface area contributed by atoms with Crippen molar-refractivity contribution in [1.29, 1.82) is 5.26 Å². The Balaban J connectivity index is 2.80. The normalized spacial score (nSPS) is 10.4. The molecular formula is C10H8BrN3. The maximum Gasteiger partial charge on any atom is 0.0992 e. The monoisotopic (exact) mass is 249 g/mol. The molecule has 0 atom stereocenters. The van der Waals surface area contributed by atoms with E-state index in [4.69, 9.17) is 5.26 Å². The highest BCUT2D eigenvalue weighted by molar-refractivity contribution is 9.10. The number of aryl methyl sites for hydroxylation is 1. The predicted octanol–water partition coefficient (Wildman–Crippen LogP) is 2.69. The number of rotatable bonds is 1. The number of fused-ring (bicyclic) bond motifs is 1. The summed E-state index contributed by atoms with van der Waals surface area (Å²) in [4.78, 5) is 0. The van der Waals surface area contributed by atoms with Crippen molar-refractivity contribution < 1.29 is 0 Å². The Morgan fingerprint density at radius 1 is 1.57 bits per heavy atom. The third kappa shape index (κ3) is 1.30. The second kappa shape index (κ2) is 3.43. The molecule has 0 radical (unpaired) electrons. The summed E-state index contributed by atoms with van der Waals surface area (Å²) in [5.41, 5.74) is 1.70. The van der Waals surface area contributed by atoms with Gasteiger partial charge in [-0.3, -0.25) is 4.68 Å². The molecule has 0 unspecified atom stereocenters. The fraction of sp³-hybridized carbons (Fsp3) is 0.200. The lowest BCUT2D eigenvalue weighted by molar-refractivity contribution is 0.683. The minimum absolute atomic E-state index is 0.653. The highest BCUT2D eigenvalue weighted by Crippen LogP contribution is 2.25. The lowest BCUT2D eigenvalue weighted by atomic mass is 10.2. The molecule has 0 spiro atoms. The fourth-order valence-electron chi connectivity index (χ4n) is 1.48. The number of hydrogen-bond donors (Lipinski definition) is 0. The highest BCUT2D eigenvalue weighted by atomic mass is 79.9. The van der Waals surface area contributed by atoms with Gasteiger partial charge in [-0.25, -0.2) is 0 Å². The lowest BCUT2D eigenvalue weighted by Gasteiger charge is -2.01. The number of hydrogen-bond acceptors (Lipinski definition) is 2. The summed E-state index contributed by atoms with van der Waals surface area (Å²) in [5, 5.41) is 14.0. The van der Waals surface area contributed by atoms with Gasteiger partial charge in [0.15, 0.2) is 0 Å². The van der Waals surface area contributed by atoms with Crippen LogP contribution in [0.2, 0.25) is 0 Å². The molecule has 0 saturated carbocycles. The van der Waals surface area contributed by atoms with Crippen LogP contribution in [0.4, 0.5) is 0 Å². The molecule has 0 bridgehead atoms. The summed E-state index contributed by atoms with van der Waals surface area (Å²) in [6.45, 7) is 2.87. The van der Waals surface area contributed by atoms with Gasteiger partial charge >= 0.3 is 0 Å². The van der Waals surface area contributed by atoms with E-state index >= 15 is 0 Å². The molecule has 2 aromatic rings. The zero-order valence-electron chi connectivity index (χ0n) is 7.66. The van der Waals surface area contributed by atoms with Crippen LogP contribution in [0.25, 0.3) is 10.9 Å². The Morgan fingerprint density at radius 2 is 2.36 bits per heavy atom. The third-order valence-corrected chi connectivity index (χ3v) is 2.72. The molecular weight excluding hydrogens is 242 g/mol. The van der Waals surface area contributed by atoms with Crippen molar-refractivity contribution in [1.82, 2.24) is 9.78 Å². The predicted molar refractivity (Wildman–Crippen MR) is 57.8 cm³/mol. The molecule has 3 nitrogen and oxygen atoms in total. The van der Waals surface area contributed by atoms with Gasteiger partial charge in [-0.2, -0.15) is 10.4 Å². The Bertz CT molecular complexity index is 522. The highest BCUT2D eigenvalue weighted by Gasteiger charge is 2.06. The minimum Gasteiger partial charge on any atom is -0.264 e. The van der Waals surface area contributed by atoms with E-state index < -0.39 is 0 Å². The zero-order chi connectivity index (χ0) is 10.1. The first-order chi connectivity index (χ1) is 6.76. The van der Waals surface area contributed by atoms with Crippen LogP contribution >= 0.6 is 15.9 Å². The summed E-state index contributed by atoms with van der Waals surface area (Å²) < 4.78 is 2.83. The minimum atomic E-state index is 0.653. The van der Waals surface area contributed by atoms with Gasteiger partial charge in [0.05, 0.1) is 23.3 Å². The Morgan fingerprint density at radius 3 is 3.00 bits per heavy atom. The van der Waals surface area contributed by atoms with E-state index in [1.54, 1.807) is 6.20 Å². The average Bonchev–Trinajstić information content (AvgIpc) is 2.61. The summed E-state index contributed by atoms with van der Waals surface area (Å²) in [6.07, 6.45) is 1.78. The van der Waals surface area contributed by atoms with Crippen LogP contribution in [0, 0.1) is 11.3 Å². The first kappa shape index (κ1) is 9.22. The molecule has 1 heterocycles. The topological polar surface area (TPSA) is 41.6 Å². The molecule has 1 aromatic heterocycles. The van der Waals surface area contributed by atoms with Crippen molar-refractivity contribution in [2.75, 3.05) is 0 Å². The van der Waals surface area contributed by atoms with Crippen LogP contribution in [0.1, 0.15) is 12.5 Å². The molecule has 0 aliphatic rings. The zero-order valence-corrected chi connectivity index (χ0v) is 9.24. The molecule has 2 rings (SSSR count). The first-order valence-electron chi connectivity index (χ1n) is 4.31. The molecule has 0 amide bonds. The molecule has 0 aliphatic heterocycles. The van der Waals surface area contributed by atoms with Crippen molar-refractivity contribution in [3.8, 4) is 6.07 Å². The van der Waals surface area contributed by atoms with Crippen molar-refractivity contribution >= 4 is 26.8 Å². The van der Waals surface area contributed by atoms with Crippen molar-refractivity contribution in [3.05, 3.63) is 28.4 Å².